The molecule has 2 aromatic heterocycles. The fraction of sp³-hybridized carbons (Fsp3) is 0.389. The lowest BCUT2D eigenvalue weighted by Gasteiger charge is -2.18. The molecule has 3 aromatic rings. The lowest BCUT2D eigenvalue weighted by atomic mass is 10.3. The van der Waals surface area contributed by atoms with Crippen molar-refractivity contribution >= 4 is 43.9 Å². The van der Waals surface area contributed by atoms with E-state index in [1.807, 2.05) is 31.2 Å². The number of carbonyl (C=O) groups is 1. The van der Waals surface area contributed by atoms with E-state index in [2.05, 4.69) is 16.9 Å². The van der Waals surface area contributed by atoms with Gasteiger partial charge < -0.3 is 4.74 Å². The summed E-state index contributed by atoms with van der Waals surface area (Å²) in [5.74, 6) is -0.0477. The summed E-state index contributed by atoms with van der Waals surface area (Å²) in [5.41, 5.74) is 1.70. The van der Waals surface area contributed by atoms with Crippen molar-refractivity contribution in [1.82, 2.24) is 9.97 Å². The Morgan fingerprint density at radius 1 is 1.24 bits per heavy atom. The van der Waals surface area contributed by atoms with E-state index in [1.54, 1.807) is 12.0 Å². The average Bonchev–Trinajstić information content (AvgIpc) is 3.18. The standard InChI is InChI=1S/C18H21N3O2S2/c1-4-7-15-19-12(2)16(25-15)17(22)21(10-11-23-3)18-20-13-8-5-6-9-14(13)24-18/h5-6,8-9H,4,7,10-11H2,1-3H3. The number of benzene rings is 1. The molecule has 0 saturated carbocycles. The minimum absolute atomic E-state index is 0.0477. The highest BCUT2D eigenvalue weighted by molar-refractivity contribution is 7.22. The quantitative estimate of drug-likeness (QED) is 0.617. The summed E-state index contributed by atoms with van der Waals surface area (Å²) in [6.45, 7) is 4.94. The van der Waals surface area contributed by atoms with Crippen LogP contribution >= 0.6 is 22.7 Å². The van der Waals surface area contributed by atoms with Crippen LogP contribution in [0.1, 0.15) is 33.7 Å². The van der Waals surface area contributed by atoms with Gasteiger partial charge >= 0.3 is 0 Å². The van der Waals surface area contributed by atoms with Gasteiger partial charge in [-0.1, -0.05) is 30.4 Å². The van der Waals surface area contributed by atoms with Crippen molar-refractivity contribution in [2.24, 2.45) is 0 Å². The highest BCUT2D eigenvalue weighted by Crippen LogP contribution is 2.31. The molecule has 0 aliphatic rings. The number of thiazole rings is 2. The Morgan fingerprint density at radius 3 is 2.76 bits per heavy atom. The molecule has 1 aromatic carbocycles. The van der Waals surface area contributed by atoms with Crippen LogP contribution < -0.4 is 4.90 Å². The highest BCUT2D eigenvalue weighted by atomic mass is 32.1. The summed E-state index contributed by atoms with van der Waals surface area (Å²) < 4.78 is 6.27. The number of para-hydroxylation sites is 1. The molecular formula is C18H21N3O2S2. The zero-order valence-corrected chi connectivity index (χ0v) is 16.2. The van der Waals surface area contributed by atoms with E-state index < -0.39 is 0 Å². The second-order valence-corrected chi connectivity index (χ2v) is 7.78. The van der Waals surface area contributed by atoms with Crippen molar-refractivity contribution < 1.29 is 9.53 Å². The van der Waals surface area contributed by atoms with Gasteiger partial charge in [0.15, 0.2) is 5.13 Å². The van der Waals surface area contributed by atoms with E-state index in [9.17, 15) is 4.79 Å². The molecule has 0 aliphatic carbocycles. The van der Waals surface area contributed by atoms with Crippen molar-refractivity contribution in [3.8, 4) is 0 Å². The van der Waals surface area contributed by atoms with E-state index in [4.69, 9.17) is 4.74 Å². The first-order chi connectivity index (χ1) is 12.1. The number of anilines is 1. The summed E-state index contributed by atoms with van der Waals surface area (Å²) in [4.78, 5) is 24.8. The number of hydrogen-bond acceptors (Lipinski definition) is 6. The molecule has 0 bridgehead atoms. The number of ether oxygens (including phenoxy) is 1. The molecule has 0 fully saturated rings. The van der Waals surface area contributed by atoms with Crippen molar-refractivity contribution in [2.45, 2.75) is 26.7 Å². The minimum atomic E-state index is -0.0477. The Kier molecular flexibility index (Phi) is 5.78. The number of fused-ring (bicyclic) bond motifs is 1. The van der Waals surface area contributed by atoms with Gasteiger partial charge in [-0.15, -0.1) is 11.3 Å². The number of methoxy groups -OCH3 is 1. The van der Waals surface area contributed by atoms with E-state index in [0.717, 1.165) is 33.8 Å². The summed E-state index contributed by atoms with van der Waals surface area (Å²) in [7, 11) is 1.64. The van der Waals surface area contributed by atoms with E-state index in [0.29, 0.717) is 23.2 Å². The molecule has 3 rings (SSSR count). The SMILES string of the molecule is CCCc1nc(C)c(C(=O)N(CCOC)c2nc3ccccc3s2)s1. The van der Waals surface area contributed by atoms with E-state index in [-0.39, 0.29) is 5.91 Å². The molecule has 0 N–H and O–H groups in total. The zero-order chi connectivity index (χ0) is 17.8. The molecule has 2 heterocycles. The van der Waals surface area contributed by atoms with Gasteiger partial charge in [0.2, 0.25) is 0 Å². The summed E-state index contributed by atoms with van der Waals surface area (Å²) in [6.07, 6.45) is 1.92. The average molecular weight is 376 g/mol. The van der Waals surface area contributed by atoms with Gasteiger partial charge in [-0.3, -0.25) is 9.69 Å². The molecule has 0 saturated heterocycles. The number of aromatic nitrogens is 2. The van der Waals surface area contributed by atoms with Crippen LogP contribution in [0.15, 0.2) is 24.3 Å². The number of aryl methyl sites for hydroxylation is 2. The molecule has 0 atom stereocenters. The fourth-order valence-corrected chi connectivity index (χ4v) is 4.64. The van der Waals surface area contributed by atoms with E-state index >= 15 is 0 Å². The number of carbonyl (C=O) groups excluding carboxylic acids is 1. The van der Waals surface area contributed by atoms with Crippen LogP contribution in [0.25, 0.3) is 10.2 Å². The second-order valence-electron chi connectivity index (χ2n) is 5.69. The first-order valence-corrected chi connectivity index (χ1v) is 9.90. The molecule has 132 valence electrons. The first-order valence-electron chi connectivity index (χ1n) is 8.26. The predicted octanol–water partition coefficient (Wildman–Crippen LogP) is 4.31. The maximum atomic E-state index is 13.2. The van der Waals surface area contributed by atoms with Crippen LogP contribution in [0.5, 0.6) is 0 Å². The van der Waals surface area contributed by atoms with Gasteiger partial charge in [0.1, 0.15) is 4.88 Å². The van der Waals surface area contributed by atoms with Crippen LogP contribution in [0.4, 0.5) is 5.13 Å². The molecule has 7 heteroatoms. The predicted molar refractivity (Wildman–Crippen MR) is 104 cm³/mol. The van der Waals surface area contributed by atoms with Crippen LogP contribution in [-0.2, 0) is 11.2 Å². The smallest absolute Gasteiger partial charge is 0.272 e. The van der Waals surface area contributed by atoms with Crippen LogP contribution in [-0.4, -0.2) is 36.1 Å². The Labute approximate surface area is 155 Å². The molecular weight excluding hydrogens is 354 g/mol. The molecule has 0 radical (unpaired) electrons. The van der Waals surface area contributed by atoms with Gasteiger partial charge in [0.05, 0.1) is 34.1 Å². The second kappa shape index (κ2) is 8.03. The van der Waals surface area contributed by atoms with Crippen LogP contribution in [0.3, 0.4) is 0 Å². The molecule has 1 amide bonds. The third-order valence-electron chi connectivity index (χ3n) is 3.78. The Morgan fingerprint density at radius 2 is 2.04 bits per heavy atom. The van der Waals surface area contributed by atoms with Gasteiger partial charge in [-0.2, -0.15) is 0 Å². The monoisotopic (exact) mass is 375 g/mol. The lowest BCUT2D eigenvalue weighted by molar-refractivity contribution is 0.0979. The summed E-state index contributed by atoms with van der Waals surface area (Å²) in [6, 6.07) is 7.92. The Balaban J connectivity index is 1.95. The number of hydrogen-bond donors (Lipinski definition) is 0. The molecule has 0 aliphatic heterocycles. The van der Waals surface area contributed by atoms with Crippen LogP contribution in [0.2, 0.25) is 0 Å². The van der Waals surface area contributed by atoms with Gasteiger partial charge in [-0.25, -0.2) is 9.97 Å². The van der Waals surface area contributed by atoms with E-state index in [1.165, 1.54) is 22.7 Å². The minimum Gasteiger partial charge on any atom is -0.383 e. The Bertz CT molecular complexity index is 839. The van der Waals surface area contributed by atoms with Gasteiger partial charge in [0, 0.05) is 7.11 Å². The normalized spacial score (nSPS) is 11.2. The van der Waals surface area contributed by atoms with Crippen molar-refractivity contribution in [2.75, 3.05) is 25.2 Å². The Hall–Kier alpha value is -1.83. The van der Waals surface area contributed by atoms with Gasteiger partial charge in [0.25, 0.3) is 5.91 Å². The largest absolute Gasteiger partial charge is 0.383 e. The topological polar surface area (TPSA) is 55.3 Å². The van der Waals surface area contributed by atoms with Crippen LogP contribution in [0, 0.1) is 6.92 Å². The molecule has 0 spiro atoms. The third kappa shape index (κ3) is 3.89. The van der Waals surface area contributed by atoms with Crippen molar-refractivity contribution in [3.05, 3.63) is 39.8 Å². The number of amides is 1. The molecule has 5 nitrogen and oxygen atoms in total. The van der Waals surface area contributed by atoms with Crippen molar-refractivity contribution in [3.63, 3.8) is 0 Å². The molecule has 25 heavy (non-hydrogen) atoms. The summed E-state index contributed by atoms with van der Waals surface area (Å²) >= 11 is 3.01. The first kappa shape index (κ1) is 18.0. The fourth-order valence-electron chi connectivity index (χ4n) is 2.54. The zero-order valence-electron chi connectivity index (χ0n) is 14.6. The summed E-state index contributed by atoms with van der Waals surface area (Å²) in [5, 5.41) is 1.72. The number of rotatable bonds is 7. The molecule has 0 unspecified atom stereocenters. The third-order valence-corrected chi connectivity index (χ3v) is 6.04. The van der Waals surface area contributed by atoms with Crippen molar-refractivity contribution in [1.29, 1.82) is 0 Å². The maximum absolute atomic E-state index is 13.2. The van der Waals surface area contributed by atoms with Gasteiger partial charge in [-0.05, 0) is 31.9 Å². The number of nitrogens with zero attached hydrogens (tertiary/aromatic N) is 3. The highest BCUT2D eigenvalue weighted by Gasteiger charge is 2.25. The lowest BCUT2D eigenvalue weighted by Crippen LogP contribution is -2.33. The maximum Gasteiger partial charge on any atom is 0.272 e.